The van der Waals surface area contributed by atoms with Gasteiger partial charge < -0.3 is 4.98 Å². The molecule has 0 atom stereocenters. The van der Waals surface area contributed by atoms with Gasteiger partial charge in [0.15, 0.2) is 0 Å². The summed E-state index contributed by atoms with van der Waals surface area (Å²) in [5.74, 6) is 0. The molecule has 0 aromatic carbocycles. The van der Waals surface area contributed by atoms with Crippen LogP contribution in [0, 0.1) is 0 Å². The van der Waals surface area contributed by atoms with E-state index in [-0.39, 0.29) is 11.3 Å². The van der Waals surface area contributed by atoms with Crippen LogP contribution in [-0.2, 0) is 10.0 Å². The molecule has 0 unspecified atom stereocenters. The second-order valence-electron chi connectivity index (χ2n) is 6.39. The van der Waals surface area contributed by atoms with E-state index in [1.54, 1.807) is 10.5 Å². The monoisotopic (exact) mass is 344 g/mol. The number of rotatable bonds is 4. The number of hydrogen-bond donors (Lipinski definition) is 1. The molecule has 1 saturated heterocycles. The van der Waals surface area contributed by atoms with Crippen LogP contribution >= 0.6 is 0 Å². The third-order valence-corrected chi connectivity index (χ3v) is 7.07. The lowest BCUT2D eigenvalue weighted by molar-refractivity contribution is 0.191. The highest BCUT2D eigenvalue weighted by Gasteiger charge is 2.45. The van der Waals surface area contributed by atoms with Crippen molar-refractivity contribution in [2.75, 3.05) is 13.1 Å². The number of hydrogen-bond acceptors (Lipinski definition) is 5. The molecule has 3 aromatic rings. The van der Waals surface area contributed by atoms with Gasteiger partial charge in [-0.3, -0.25) is 4.68 Å². The highest BCUT2D eigenvalue weighted by atomic mass is 32.2. The third kappa shape index (κ3) is 2.08. The molecule has 0 amide bonds. The van der Waals surface area contributed by atoms with E-state index in [1.165, 1.54) is 6.33 Å². The lowest BCUT2D eigenvalue weighted by atomic mass is 10.1. The van der Waals surface area contributed by atoms with Crippen molar-refractivity contribution in [3.05, 3.63) is 31.0 Å². The topological polar surface area (TPSA) is 96.8 Å². The molecule has 1 N–H and O–H groups in total. The lowest BCUT2D eigenvalue weighted by Crippen LogP contribution is -2.51. The Morgan fingerprint density at radius 2 is 2.04 bits per heavy atom. The Kier molecular flexibility index (Phi) is 2.86. The van der Waals surface area contributed by atoms with Crippen LogP contribution in [0.4, 0.5) is 0 Å². The van der Waals surface area contributed by atoms with Crippen molar-refractivity contribution in [2.24, 2.45) is 0 Å². The highest BCUT2D eigenvalue weighted by Crippen LogP contribution is 2.36. The molecule has 2 aliphatic rings. The number of H-pyrrole nitrogens is 1. The van der Waals surface area contributed by atoms with Crippen molar-refractivity contribution in [3.8, 4) is 11.3 Å². The van der Waals surface area contributed by atoms with E-state index in [4.69, 9.17) is 0 Å². The summed E-state index contributed by atoms with van der Waals surface area (Å²) >= 11 is 0. The van der Waals surface area contributed by atoms with Crippen LogP contribution in [0.5, 0.6) is 0 Å². The van der Waals surface area contributed by atoms with Gasteiger partial charge in [-0.05, 0) is 18.9 Å². The van der Waals surface area contributed by atoms with Crippen LogP contribution in [-0.4, -0.2) is 55.8 Å². The molecular weight excluding hydrogens is 328 g/mol. The van der Waals surface area contributed by atoms with Gasteiger partial charge in [-0.25, -0.2) is 18.4 Å². The summed E-state index contributed by atoms with van der Waals surface area (Å²) in [6, 6.07) is 2.03. The van der Waals surface area contributed by atoms with E-state index in [9.17, 15) is 8.42 Å². The number of sulfonamides is 1. The minimum Gasteiger partial charge on any atom is -0.346 e. The fourth-order valence-corrected chi connectivity index (χ4v) is 5.04. The fourth-order valence-electron chi connectivity index (χ4n) is 3.13. The maximum absolute atomic E-state index is 12.2. The number of aromatic nitrogens is 5. The maximum atomic E-state index is 12.2. The molecule has 1 aliphatic carbocycles. The Morgan fingerprint density at radius 1 is 1.21 bits per heavy atom. The van der Waals surface area contributed by atoms with Crippen molar-refractivity contribution in [1.29, 1.82) is 0 Å². The Bertz CT molecular complexity index is 1010. The van der Waals surface area contributed by atoms with E-state index in [1.807, 2.05) is 23.1 Å². The molecule has 124 valence electrons. The van der Waals surface area contributed by atoms with Gasteiger partial charge in [0, 0.05) is 36.4 Å². The van der Waals surface area contributed by atoms with Crippen LogP contribution in [0.1, 0.15) is 18.9 Å². The number of nitrogens with zero attached hydrogens (tertiary/aromatic N) is 5. The summed E-state index contributed by atoms with van der Waals surface area (Å²) < 4.78 is 27.8. The first-order valence-electron chi connectivity index (χ1n) is 7.94. The van der Waals surface area contributed by atoms with Crippen LogP contribution in [0.15, 0.2) is 31.0 Å². The van der Waals surface area contributed by atoms with Crippen molar-refractivity contribution in [3.63, 3.8) is 0 Å². The van der Waals surface area contributed by atoms with Crippen LogP contribution in [0.2, 0.25) is 0 Å². The molecule has 1 aliphatic heterocycles. The molecular formula is C15H16N6O2S. The van der Waals surface area contributed by atoms with Crippen molar-refractivity contribution in [1.82, 2.24) is 29.0 Å². The van der Waals surface area contributed by atoms with Gasteiger partial charge in [-0.15, -0.1) is 0 Å². The zero-order valence-electron chi connectivity index (χ0n) is 12.8. The Labute approximate surface area is 138 Å². The molecule has 5 rings (SSSR count). The zero-order valence-corrected chi connectivity index (χ0v) is 13.6. The second kappa shape index (κ2) is 4.87. The zero-order chi connectivity index (χ0) is 16.3. The molecule has 24 heavy (non-hydrogen) atoms. The summed E-state index contributed by atoms with van der Waals surface area (Å²) in [5, 5.41) is 5.21. The van der Waals surface area contributed by atoms with Gasteiger partial charge in [0.25, 0.3) is 0 Å². The van der Waals surface area contributed by atoms with Crippen LogP contribution in [0.25, 0.3) is 22.3 Å². The molecule has 2 fully saturated rings. The fraction of sp³-hybridized carbons (Fsp3) is 0.400. The Balaban J connectivity index is 1.38. The largest absolute Gasteiger partial charge is 0.346 e. The van der Waals surface area contributed by atoms with Crippen LogP contribution < -0.4 is 0 Å². The number of fused-ring (bicyclic) bond motifs is 1. The number of nitrogens with one attached hydrogen (secondary N) is 1. The minimum atomic E-state index is -3.07. The van der Waals surface area contributed by atoms with E-state index >= 15 is 0 Å². The molecule has 0 bridgehead atoms. The average molecular weight is 344 g/mol. The van der Waals surface area contributed by atoms with E-state index in [0.717, 1.165) is 35.1 Å². The minimum absolute atomic E-state index is 0.0934. The lowest BCUT2D eigenvalue weighted by Gasteiger charge is -2.38. The quantitative estimate of drug-likeness (QED) is 0.766. The molecule has 8 nitrogen and oxygen atoms in total. The maximum Gasteiger partial charge on any atom is 0.217 e. The normalized spacial score (nSPS) is 19.7. The Hall–Kier alpha value is -2.26. The molecule has 1 saturated carbocycles. The van der Waals surface area contributed by atoms with Crippen molar-refractivity contribution < 1.29 is 8.42 Å². The van der Waals surface area contributed by atoms with Gasteiger partial charge in [-0.2, -0.15) is 9.40 Å². The second-order valence-corrected chi connectivity index (χ2v) is 8.60. The third-order valence-electron chi connectivity index (χ3n) is 4.74. The molecule has 4 heterocycles. The van der Waals surface area contributed by atoms with Crippen LogP contribution in [0.3, 0.4) is 0 Å². The van der Waals surface area contributed by atoms with Crippen molar-refractivity contribution in [2.45, 2.75) is 24.1 Å². The van der Waals surface area contributed by atoms with E-state index in [2.05, 4.69) is 20.1 Å². The summed E-state index contributed by atoms with van der Waals surface area (Å²) in [6.07, 6.45) is 8.66. The SMILES string of the molecule is O=S(=O)(C1CC1)N1CC(n2cc(-c3ncnc4[nH]ccc34)cn2)C1. The van der Waals surface area contributed by atoms with E-state index in [0.29, 0.717) is 13.1 Å². The predicted molar refractivity (Wildman–Crippen MR) is 87.7 cm³/mol. The molecule has 9 heteroatoms. The molecule has 3 aromatic heterocycles. The van der Waals surface area contributed by atoms with Gasteiger partial charge in [0.1, 0.15) is 12.0 Å². The first-order chi connectivity index (χ1) is 11.6. The van der Waals surface area contributed by atoms with Crippen molar-refractivity contribution >= 4 is 21.1 Å². The van der Waals surface area contributed by atoms with Gasteiger partial charge in [-0.1, -0.05) is 0 Å². The van der Waals surface area contributed by atoms with Gasteiger partial charge >= 0.3 is 0 Å². The summed E-state index contributed by atoms with van der Waals surface area (Å²) in [7, 11) is -3.07. The van der Waals surface area contributed by atoms with E-state index < -0.39 is 10.0 Å². The first-order valence-corrected chi connectivity index (χ1v) is 9.45. The predicted octanol–water partition coefficient (Wildman–Crippen LogP) is 1.17. The summed E-state index contributed by atoms with van der Waals surface area (Å²) in [4.78, 5) is 11.6. The first kappa shape index (κ1) is 14.1. The summed E-state index contributed by atoms with van der Waals surface area (Å²) in [5.41, 5.74) is 2.53. The Morgan fingerprint density at radius 3 is 2.83 bits per heavy atom. The summed E-state index contributed by atoms with van der Waals surface area (Å²) in [6.45, 7) is 1.01. The number of aromatic amines is 1. The van der Waals surface area contributed by atoms with Gasteiger partial charge in [0.05, 0.1) is 23.2 Å². The molecule has 0 radical (unpaired) electrons. The van der Waals surface area contributed by atoms with Gasteiger partial charge in [0.2, 0.25) is 10.0 Å². The molecule has 0 spiro atoms. The smallest absolute Gasteiger partial charge is 0.217 e. The highest BCUT2D eigenvalue weighted by molar-refractivity contribution is 7.90. The average Bonchev–Trinajstić information content (AvgIpc) is 3.10. The standard InChI is InChI=1S/C15H16N6O2S/c22-24(23,12-1-2-12)20-7-11(8-20)21-6-10(5-19-21)14-13-3-4-16-15(13)18-9-17-14/h3-6,9,11-12H,1-2,7-8H2,(H,16,17,18).